The second-order valence-electron chi connectivity index (χ2n) is 3.64. The van der Waals surface area contributed by atoms with Crippen LogP contribution in [0.2, 0.25) is 5.02 Å². The van der Waals surface area contributed by atoms with E-state index in [1.807, 2.05) is 6.92 Å². The molecule has 0 fully saturated rings. The van der Waals surface area contributed by atoms with Gasteiger partial charge in [0.1, 0.15) is 5.75 Å². The molecule has 0 radical (unpaired) electrons. The van der Waals surface area contributed by atoms with Crippen molar-refractivity contribution in [3.63, 3.8) is 0 Å². The molecule has 18 heavy (non-hydrogen) atoms. The van der Waals surface area contributed by atoms with E-state index >= 15 is 0 Å². The lowest BCUT2D eigenvalue weighted by Crippen LogP contribution is -2.26. The van der Waals surface area contributed by atoms with E-state index < -0.39 is 6.61 Å². The number of alkyl halides is 2. The Labute approximate surface area is 110 Å². The van der Waals surface area contributed by atoms with Crippen LogP contribution in [0, 0.1) is 12.3 Å². The molecule has 0 bridgehead atoms. The molecule has 0 spiro atoms. The third-order valence-electron chi connectivity index (χ3n) is 2.39. The van der Waals surface area contributed by atoms with Crippen molar-refractivity contribution in [3.05, 3.63) is 28.8 Å². The van der Waals surface area contributed by atoms with Crippen LogP contribution in [0.1, 0.15) is 18.9 Å². The Morgan fingerprint density at radius 3 is 2.78 bits per heavy atom. The Morgan fingerprint density at radius 1 is 1.50 bits per heavy atom. The lowest BCUT2D eigenvalue weighted by Gasteiger charge is -2.14. The minimum Gasteiger partial charge on any atom is -0.434 e. The molecular weight excluding hydrogens is 260 g/mol. The van der Waals surface area contributed by atoms with Gasteiger partial charge in [-0.3, -0.25) is 5.32 Å². The first-order valence-electron chi connectivity index (χ1n) is 5.49. The summed E-state index contributed by atoms with van der Waals surface area (Å²) in [6.07, 6.45) is 6.06. The minimum absolute atomic E-state index is 0.105. The molecule has 0 saturated heterocycles. The van der Waals surface area contributed by atoms with Gasteiger partial charge < -0.3 is 4.74 Å². The standard InChI is InChI=1S/C13H14ClF2NO/c1-3-11(4-2)17-8-9-7-10(14)5-6-12(9)18-13(15)16/h1,5-7,11,13,17H,4,8H2,2H3. The smallest absolute Gasteiger partial charge is 0.387 e. The van der Waals surface area contributed by atoms with Crippen molar-refractivity contribution in [1.82, 2.24) is 5.32 Å². The molecule has 1 aromatic rings. The van der Waals surface area contributed by atoms with Gasteiger partial charge in [-0.2, -0.15) is 8.78 Å². The molecule has 0 aliphatic carbocycles. The van der Waals surface area contributed by atoms with Crippen molar-refractivity contribution in [2.24, 2.45) is 0 Å². The Hall–Kier alpha value is -1.31. The molecule has 0 amide bonds. The van der Waals surface area contributed by atoms with Crippen LogP contribution in [0.5, 0.6) is 5.75 Å². The Bertz CT molecular complexity index is 431. The van der Waals surface area contributed by atoms with Gasteiger partial charge in [0.25, 0.3) is 0 Å². The van der Waals surface area contributed by atoms with E-state index in [4.69, 9.17) is 18.0 Å². The zero-order valence-corrected chi connectivity index (χ0v) is 10.7. The predicted molar refractivity (Wildman–Crippen MR) is 67.8 cm³/mol. The van der Waals surface area contributed by atoms with E-state index in [2.05, 4.69) is 16.0 Å². The molecule has 2 nitrogen and oxygen atoms in total. The summed E-state index contributed by atoms with van der Waals surface area (Å²) in [6, 6.07) is 4.39. The van der Waals surface area contributed by atoms with Crippen molar-refractivity contribution in [3.8, 4) is 18.1 Å². The number of hydrogen-bond donors (Lipinski definition) is 1. The molecule has 5 heteroatoms. The Balaban J connectivity index is 2.79. The van der Waals surface area contributed by atoms with Crippen molar-refractivity contribution < 1.29 is 13.5 Å². The van der Waals surface area contributed by atoms with Crippen molar-refractivity contribution in [2.75, 3.05) is 0 Å². The number of ether oxygens (including phenoxy) is 1. The molecule has 0 aliphatic heterocycles. The van der Waals surface area contributed by atoms with Gasteiger partial charge in [0.05, 0.1) is 6.04 Å². The van der Waals surface area contributed by atoms with Crippen LogP contribution in [-0.4, -0.2) is 12.7 Å². The first-order valence-corrected chi connectivity index (χ1v) is 5.87. The quantitative estimate of drug-likeness (QED) is 0.802. The topological polar surface area (TPSA) is 21.3 Å². The number of terminal acetylenes is 1. The van der Waals surface area contributed by atoms with Gasteiger partial charge in [-0.25, -0.2) is 0 Å². The molecule has 1 atom stereocenters. The van der Waals surface area contributed by atoms with Crippen LogP contribution >= 0.6 is 11.6 Å². The molecule has 1 rings (SSSR count). The molecule has 0 aliphatic rings. The zero-order valence-electron chi connectivity index (χ0n) is 9.92. The van der Waals surface area contributed by atoms with Crippen LogP contribution in [0.15, 0.2) is 18.2 Å². The van der Waals surface area contributed by atoms with Crippen LogP contribution in [0.3, 0.4) is 0 Å². The normalized spacial score (nSPS) is 12.2. The number of benzene rings is 1. The highest BCUT2D eigenvalue weighted by molar-refractivity contribution is 6.30. The highest BCUT2D eigenvalue weighted by Crippen LogP contribution is 2.24. The first kappa shape index (κ1) is 14.7. The van der Waals surface area contributed by atoms with Gasteiger partial charge >= 0.3 is 6.61 Å². The van der Waals surface area contributed by atoms with E-state index in [0.29, 0.717) is 17.1 Å². The first-order chi connectivity index (χ1) is 8.56. The summed E-state index contributed by atoms with van der Waals surface area (Å²) in [6.45, 7) is -0.600. The van der Waals surface area contributed by atoms with Crippen LogP contribution < -0.4 is 10.1 Å². The molecule has 1 N–H and O–H groups in total. The second-order valence-corrected chi connectivity index (χ2v) is 4.08. The van der Waals surface area contributed by atoms with Crippen LogP contribution in [0.25, 0.3) is 0 Å². The Kier molecular flexibility index (Phi) is 5.90. The van der Waals surface area contributed by atoms with Gasteiger partial charge in [-0.05, 0) is 24.6 Å². The predicted octanol–water partition coefficient (Wildman–Crippen LogP) is 3.44. The molecule has 98 valence electrons. The average Bonchev–Trinajstić information content (AvgIpc) is 2.33. The Morgan fingerprint density at radius 2 is 2.22 bits per heavy atom. The van der Waals surface area contributed by atoms with Crippen LogP contribution in [-0.2, 0) is 6.54 Å². The SMILES string of the molecule is C#CC(CC)NCc1cc(Cl)ccc1OC(F)F. The van der Waals surface area contributed by atoms with E-state index in [1.54, 1.807) is 6.07 Å². The monoisotopic (exact) mass is 273 g/mol. The fourth-order valence-corrected chi connectivity index (χ4v) is 1.65. The van der Waals surface area contributed by atoms with E-state index in [9.17, 15) is 8.78 Å². The summed E-state index contributed by atoms with van der Waals surface area (Å²) in [5.74, 6) is 2.67. The van der Waals surface area contributed by atoms with Crippen molar-refractivity contribution in [2.45, 2.75) is 32.5 Å². The molecule has 0 aromatic heterocycles. The number of hydrogen-bond acceptors (Lipinski definition) is 2. The summed E-state index contributed by atoms with van der Waals surface area (Å²) < 4.78 is 28.9. The van der Waals surface area contributed by atoms with Gasteiger partial charge in [-0.15, -0.1) is 6.42 Å². The van der Waals surface area contributed by atoms with E-state index in [0.717, 1.165) is 6.42 Å². The molecular formula is C13H14ClF2NO. The van der Waals surface area contributed by atoms with Crippen LogP contribution in [0.4, 0.5) is 8.78 Å². The van der Waals surface area contributed by atoms with Gasteiger partial charge in [0.2, 0.25) is 0 Å². The largest absolute Gasteiger partial charge is 0.434 e. The second kappa shape index (κ2) is 7.20. The van der Waals surface area contributed by atoms with Crippen molar-refractivity contribution in [1.29, 1.82) is 0 Å². The molecule has 0 heterocycles. The minimum atomic E-state index is -2.86. The van der Waals surface area contributed by atoms with Gasteiger partial charge in [-0.1, -0.05) is 24.4 Å². The fourth-order valence-electron chi connectivity index (χ4n) is 1.45. The number of nitrogens with one attached hydrogen (secondary N) is 1. The third-order valence-corrected chi connectivity index (χ3v) is 2.62. The molecule has 0 saturated carbocycles. The summed E-state index contributed by atoms with van der Waals surface area (Å²) in [5, 5.41) is 3.52. The lowest BCUT2D eigenvalue weighted by atomic mass is 10.1. The van der Waals surface area contributed by atoms with Gasteiger partial charge in [0.15, 0.2) is 0 Å². The van der Waals surface area contributed by atoms with E-state index in [-0.39, 0.29) is 11.8 Å². The zero-order chi connectivity index (χ0) is 13.5. The average molecular weight is 274 g/mol. The van der Waals surface area contributed by atoms with Crippen molar-refractivity contribution >= 4 is 11.6 Å². The molecule has 1 unspecified atom stereocenters. The van der Waals surface area contributed by atoms with Gasteiger partial charge in [0, 0.05) is 17.1 Å². The fraction of sp³-hybridized carbons (Fsp3) is 0.385. The highest BCUT2D eigenvalue weighted by Gasteiger charge is 2.11. The number of halogens is 3. The third kappa shape index (κ3) is 4.52. The number of rotatable bonds is 6. The summed E-state index contributed by atoms with van der Waals surface area (Å²) >= 11 is 5.83. The summed E-state index contributed by atoms with van der Waals surface area (Å²) in [5.41, 5.74) is 0.552. The molecule has 1 aromatic carbocycles. The maximum absolute atomic E-state index is 12.2. The maximum atomic E-state index is 12.2. The lowest BCUT2D eigenvalue weighted by molar-refractivity contribution is -0.0505. The maximum Gasteiger partial charge on any atom is 0.387 e. The highest BCUT2D eigenvalue weighted by atomic mass is 35.5. The summed E-state index contributed by atoms with van der Waals surface area (Å²) in [7, 11) is 0. The van der Waals surface area contributed by atoms with E-state index in [1.165, 1.54) is 12.1 Å². The summed E-state index contributed by atoms with van der Waals surface area (Å²) in [4.78, 5) is 0.